The van der Waals surface area contributed by atoms with E-state index in [1.807, 2.05) is 6.92 Å². The van der Waals surface area contributed by atoms with E-state index in [0.29, 0.717) is 34.7 Å². The van der Waals surface area contributed by atoms with Crippen molar-refractivity contribution in [3.63, 3.8) is 0 Å². The molecule has 7 heteroatoms. The summed E-state index contributed by atoms with van der Waals surface area (Å²) in [5.74, 6) is 0.820. The van der Waals surface area contributed by atoms with Gasteiger partial charge in [-0.3, -0.25) is 4.79 Å². The third-order valence-electron chi connectivity index (χ3n) is 4.15. The Morgan fingerprint density at radius 3 is 2.72 bits per heavy atom. The van der Waals surface area contributed by atoms with E-state index in [4.69, 9.17) is 14.7 Å². The highest BCUT2D eigenvalue weighted by Gasteiger charge is 2.17. The highest BCUT2D eigenvalue weighted by Crippen LogP contribution is 2.36. The molecule has 25 heavy (non-hydrogen) atoms. The Hall–Kier alpha value is -1.78. The van der Waals surface area contributed by atoms with Crippen LogP contribution in [0.25, 0.3) is 0 Å². The fourth-order valence-electron chi connectivity index (χ4n) is 2.70. The van der Waals surface area contributed by atoms with Gasteiger partial charge in [-0.05, 0) is 54.9 Å². The Morgan fingerprint density at radius 2 is 2.08 bits per heavy atom. The van der Waals surface area contributed by atoms with Crippen LogP contribution in [0.4, 0.5) is 0 Å². The molecule has 0 radical (unpaired) electrons. The Morgan fingerprint density at radius 1 is 1.36 bits per heavy atom. The average Bonchev–Trinajstić information content (AvgIpc) is 3.12. The quantitative estimate of drug-likeness (QED) is 0.659. The van der Waals surface area contributed by atoms with Crippen LogP contribution in [0.5, 0.6) is 11.5 Å². The van der Waals surface area contributed by atoms with Crippen LogP contribution >= 0.6 is 15.9 Å². The van der Waals surface area contributed by atoms with Crippen LogP contribution in [0.1, 0.15) is 25.3 Å². The summed E-state index contributed by atoms with van der Waals surface area (Å²) in [5.41, 5.74) is 0.469. The lowest BCUT2D eigenvalue weighted by atomic mass is 10.2. The van der Waals surface area contributed by atoms with Crippen molar-refractivity contribution in [2.45, 2.75) is 19.8 Å². The molecule has 0 aliphatic carbocycles. The Kier molecular flexibility index (Phi) is 7.53. The smallest absolute Gasteiger partial charge is 0.260 e. The largest absolute Gasteiger partial charge is 0.490 e. The second-order valence-electron chi connectivity index (χ2n) is 5.98. The summed E-state index contributed by atoms with van der Waals surface area (Å²) in [7, 11) is 1.79. The second-order valence-corrected chi connectivity index (χ2v) is 6.84. The van der Waals surface area contributed by atoms with Gasteiger partial charge in [-0.2, -0.15) is 5.26 Å². The van der Waals surface area contributed by atoms with Gasteiger partial charge < -0.3 is 19.3 Å². The predicted octanol–water partition coefficient (Wildman–Crippen LogP) is 2.65. The molecule has 0 spiro atoms. The third-order valence-corrected chi connectivity index (χ3v) is 4.74. The first-order valence-electron chi connectivity index (χ1n) is 8.50. The van der Waals surface area contributed by atoms with Crippen molar-refractivity contribution in [1.29, 1.82) is 5.26 Å². The van der Waals surface area contributed by atoms with Gasteiger partial charge in [0.15, 0.2) is 18.1 Å². The standard InChI is InChI=1S/C18H24BrN3O3/c1-3-24-16-11-14(12-20)10-15(19)18(16)25-13-17(23)21(2)8-9-22-6-4-5-7-22/h10-11H,3-9,13H2,1-2H3. The summed E-state index contributed by atoms with van der Waals surface area (Å²) in [6.07, 6.45) is 2.49. The zero-order valence-corrected chi connectivity index (χ0v) is 16.3. The van der Waals surface area contributed by atoms with Crippen LogP contribution in [-0.4, -0.2) is 62.1 Å². The lowest BCUT2D eigenvalue weighted by Crippen LogP contribution is -2.37. The van der Waals surface area contributed by atoms with Crippen LogP contribution in [0, 0.1) is 11.3 Å². The van der Waals surface area contributed by atoms with Crippen LogP contribution in [-0.2, 0) is 4.79 Å². The molecule has 0 bridgehead atoms. The van der Waals surface area contributed by atoms with Gasteiger partial charge >= 0.3 is 0 Å². The van der Waals surface area contributed by atoms with Crippen molar-refractivity contribution in [2.75, 3.05) is 46.4 Å². The van der Waals surface area contributed by atoms with Crippen molar-refractivity contribution < 1.29 is 14.3 Å². The molecule has 6 nitrogen and oxygen atoms in total. The van der Waals surface area contributed by atoms with E-state index >= 15 is 0 Å². The van der Waals surface area contributed by atoms with E-state index in [2.05, 4.69) is 26.9 Å². The number of nitrogens with zero attached hydrogens (tertiary/aromatic N) is 3. The Balaban J connectivity index is 1.92. The molecule has 0 saturated carbocycles. The lowest BCUT2D eigenvalue weighted by molar-refractivity contribution is -0.132. The molecular weight excluding hydrogens is 386 g/mol. The van der Waals surface area contributed by atoms with E-state index < -0.39 is 0 Å². The monoisotopic (exact) mass is 409 g/mol. The number of hydrogen-bond donors (Lipinski definition) is 0. The summed E-state index contributed by atoms with van der Waals surface area (Å²) < 4.78 is 11.8. The molecule has 2 rings (SSSR count). The summed E-state index contributed by atoms with van der Waals surface area (Å²) >= 11 is 3.38. The normalized spacial score (nSPS) is 14.2. The van der Waals surface area contributed by atoms with Crippen molar-refractivity contribution in [2.24, 2.45) is 0 Å². The number of halogens is 1. The minimum atomic E-state index is -0.0853. The molecule has 1 fully saturated rings. The molecule has 0 aromatic heterocycles. The molecule has 0 N–H and O–H groups in total. The minimum Gasteiger partial charge on any atom is -0.490 e. The summed E-state index contributed by atoms with van der Waals surface area (Å²) in [6.45, 7) is 6.06. The Labute approximate surface area is 157 Å². The van der Waals surface area contributed by atoms with Gasteiger partial charge in [-0.15, -0.1) is 0 Å². The van der Waals surface area contributed by atoms with E-state index in [-0.39, 0.29) is 12.5 Å². The van der Waals surface area contributed by atoms with Gasteiger partial charge in [-0.1, -0.05) is 0 Å². The lowest BCUT2D eigenvalue weighted by Gasteiger charge is -2.22. The highest BCUT2D eigenvalue weighted by molar-refractivity contribution is 9.10. The maximum absolute atomic E-state index is 12.3. The molecule has 1 aromatic carbocycles. The second kappa shape index (κ2) is 9.64. The summed E-state index contributed by atoms with van der Waals surface area (Å²) in [5, 5.41) is 9.05. The molecular formula is C18H24BrN3O3. The van der Waals surface area contributed by atoms with Gasteiger partial charge in [0.1, 0.15) is 0 Å². The summed E-state index contributed by atoms with van der Waals surface area (Å²) in [6, 6.07) is 5.34. The van der Waals surface area contributed by atoms with Crippen molar-refractivity contribution in [3.8, 4) is 17.6 Å². The van der Waals surface area contributed by atoms with Crippen LogP contribution in [0.15, 0.2) is 16.6 Å². The van der Waals surface area contributed by atoms with Crippen LogP contribution in [0.2, 0.25) is 0 Å². The van der Waals surface area contributed by atoms with Crippen LogP contribution < -0.4 is 9.47 Å². The van der Waals surface area contributed by atoms with Crippen molar-refractivity contribution in [1.82, 2.24) is 9.80 Å². The molecule has 0 unspecified atom stereocenters. The number of ether oxygens (including phenoxy) is 2. The third kappa shape index (κ3) is 5.62. The number of rotatable bonds is 8. The van der Waals surface area contributed by atoms with Gasteiger partial charge in [0.05, 0.1) is 22.7 Å². The number of likely N-dealkylation sites (tertiary alicyclic amines) is 1. The van der Waals surface area contributed by atoms with E-state index in [1.54, 1.807) is 24.1 Å². The fourth-order valence-corrected chi connectivity index (χ4v) is 3.26. The molecule has 1 heterocycles. The molecule has 1 amide bonds. The molecule has 1 aromatic rings. The van der Waals surface area contributed by atoms with Crippen molar-refractivity contribution in [3.05, 3.63) is 22.2 Å². The number of hydrogen-bond acceptors (Lipinski definition) is 5. The van der Waals surface area contributed by atoms with E-state index in [0.717, 1.165) is 19.6 Å². The molecule has 1 saturated heterocycles. The van der Waals surface area contributed by atoms with Gasteiger partial charge in [-0.25, -0.2) is 0 Å². The zero-order chi connectivity index (χ0) is 18.2. The topological polar surface area (TPSA) is 65.8 Å². The fraction of sp³-hybridized carbons (Fsp3) is 0.556. The van der Waals surface area contributed by atoms with Gasteiger partial charge in [0, 0.05) is 26.2 Å². The maximum Gasteiger partial charge on any atom is 0.260 e. The number of carbonyl (C=O) groups excluding carboxylic acids is 1. The van der Waals surface area contributed by atoms with Crippen LogP contribution in [0.3, 0.4) is 0 Å². The number of carbonyl (C=O) groups is 1. The van der Waals surface area contributed by atoms with Crippen molar-refractivity contribution >= 4 is 21.8 Å². The maximum atomic E-state index is 12.3. The number of likely N-dealkylation sites (N-methyl/N-ethyl adjacent to an activating group) is 1. The van der Waals surface area contributed by atoms with Gasteiger partial charge in [0.2, 0.25) is 0 Å². The zero-order valence-electron chi connectivity index (χ0n) is 14.8. The minimum absolute atomic E-state index is 0.0684. The van der Waals surface area contributed by atoms with E-state index in [1.165, 1.54) is 12.8 Å². The first kappa shape index (κ1) is 19.5. The first-order chi connectivity index (χ1) is 12.0. The molecule has 1 aliphatic rings. The van der Waals surface area contributed by atoms with E-state index in [9.17, 15) is 4.79 Å². The average molecular weight is 410 g/mol. The highest BCUT2D eigenvalue weighted by atomic mass is 79.9. The SMILES string of the molecule is CCOc1cc(C#N)cc(Br)c1OCC(=O)N(C)CCN1CCCC1. The first-order valence-corrected chi connectivity index (χ1v) is 9.30. The molecule has 0 atom stereocenters. The number of benzene rings is 1. The Bertz CT molecular complexity index is 639. The molecule has 1 aliphatic heterocycles. The molecule has 136 valence electrons. The number of nitriles is 1. The predicted molar refractivity (Wildman–Crippen MR) is 98.8 cm³/mol. The van der Waals surface area contributed by atoms with Gasteiger partial charge in [0.25, 0.3) is 5.91 Å². The number of amides is 1. The summed E-state index contributed by atoms with van der Waals surface area (Å²) in [4.78, 5) is 16.4.